The molecular weight excluding hydrogens is 264 g/mol. The van der Waals surface area contributed by atoms with E-state index in [0.717, 1.165) is 11.3 Å². The van der Waals surface area contributed by atoms with E-state index in [2.05, 4.69) is 33.8 Å². The van der Waals surface area contributed by atoms with Crippen LogP contribution in [0.3, 0.4) is 0 Å². The fourth-order valence-electron chi connectivity index (χ4n) is 1.95. The summed E-state index contributed by atoms with van der Waals surface area (Å²) in [6.45, 7) is 7.90. The first-order chi connectivity index (χ1) is 9.95. The van der Waals surface area contributed by atoms with E-state index < -0.39 is 0 Å². The number of rotatable bonds is 4. The summed E-state index contributed by atoms with van der Waals surface area (Å²) in [4.78, 5) is 11.8. The minimum atomic E-state index is -0.212. The Morgan fingerprint density at radius 3 is 2.43 bits per heavy atom. The smallest absolute Gasteiger partial charge is 0.271 e. The number of amides is 1. The van der Waals surface area contributed by atoms with E-state index >= 15 is 0 Å². The van der Waals surface area contributed by atoms with Gasteiger partial charge in [-0.3, -0.25) is 4.79 Å². The molecule has 0 atom stereocenters. The van der Waals surface area contributed by atoms with Gasteiger partial charge in [-0.25, -0.2) is 0 Å². The molecule has 0 fully saturated rings. The molecule has 2 N–H and O–H groups in total. The van der Waals surface area contributed by atoms with E-state index in [4.69, 9.17) is 0 Å². The van der Waals surface area contributed by atoms with Gasteiger partial charge in [0.1, 0.15) is 0 Å². The molecule has 21 heavy (non-hydrogen) atoms. The number of anilines is 2. The molecule has 0 aliphatic heterocycles. The maximum atomic E-state index is 11.8. The van der Waals surface area contributed by atoms with Crippen molar-refractivity contribution in [1.82, 2.24) is 15.5 Å². The third-order valence-corrected chi connectivity index (χ3v) is 2.96. The third-order valence-electron chi connectivity index (χ3n) is 2.96. The first-order valence-corrected chi connectivity index (χ1v) is 6.94. The van der Waals surface area contributed by atoms with Crippen LogP contribution in [0.1, 0.15) is 35.5 Å². The first-order valence-electron chi connectivity index (χ1n) is 6.94. The highest BCUT2D eigenvalue weighted by Gasteiger charge is 2.09. The topological polar surface area (TPSA) is 66.9 Å². The molecule has 2 rings (SSSR count). The molecule has 110 valence electrons. The van der Waals surface area contributed by atoms with E-state index in [1.807, 2.05) is 32.9 Å². The zero-order valence-corrected chi connectivity index (χ0v) is 12.8. The molecule has 0 bridgehead atoms. The maximum Gasteiger partial charge on any atom is 0.271 e. The summed E-state index contributed by atoms with van der Waals surface area (Å²) >= 11 is 0. The maximum absolute atomic E-state index is 11.8. The lowest BCUT2D eigenvalue weighted by atomic mass is 10.1. The van der Waals surface area contributed by atoms with Gasteiger partial charge in [0, 0.05) is 11.7 Å². The number of aryl methyl sites for hydroxylation is 2. The van der Waals surface area contributed by atoms with Crippen LogP contribution in [0, 0.1) is 13.8 Å². The number of benzene rings is 1. The van der Waals surface area contributed by atoms with Gasteiger partial charge in [0.2, 0.25) is 0 Å². The monoisotopic (exact) mass is 284 g/mol. The highest BCUT2D eigenvalue weighted by atomic mass is 16.1. The van der Waals surface area contributed by atoms with Crippen molar-refractivity contribution >= 4 is 17.4 Å². The molecule has 0 radical (unpaired) electrons. The van der Waals surface area contributed by atoms with Crippen LogP contribution in [0.2, 0.25) is 0 Å². The minimum absolute atomic E-state index is 0.0762. The van der Waals surface area contributed by atoms with E-state index in [0.29, 0.717) is 11.5 Å². The highest BCUT2D eigenvalue weighted by Crippen LogP contribution is 2.19. The first kappa shape index (κ1) is 15.0. The molecule has 0 saturated carbocycles. The SMILES string of the molecule is Cc1ccc(Nc2ccc(C(=O)NC(C)C)nn2)c(C)c1. The number of nitrogens with one attached hydrogen (secondary N) is 2. The van der Waals surface area contributed by atoms with Gasteiger partial charge in [0.05, 0.1) is 0 Å². The molecule has 1 amide bonds. The quantitative estimate of drug-likeness (QED) is 0.905. The van der Waals surface area contributed by atoms with Crippen molar-refractivity contribution < 1.29 is 4.79 Å². The predicted octanol–water partition coefficient (Wildman–Crippen LogP) is 2.98. The molecule has 1 aromatic carbocycles. The Bertz CT molecular complexity index is 635. The predicted molar refractivity (Wildman–Crippen MR) is 83.8 cm³/mol. The molecule has 2 aromatic rings. The Morgan fingerprint density at radius 2 is 1.86 bits per heavy atom. The van der Waals surface area contributed by atoms with Crippen molar-refractivity contribution in [3.63, 3.8) is 0 Å². The van der Waals surface area contributed by atoms with Crippen LogP contribution in [-0.2, 0) is 0 Å². The molecule has 1 aromatic heterocycles. The highest BCUT2D eigenvalue weighted by molar-refractivity contribution is 5.92. The van der Waals surface area contributed by atoms with E-state index in [9.17, 15) is 4.79 Å². The van der Waals surface area contributed by atoms with Crippen LogP contribution in [0.4, 0.5) is 11.5 Å². The molecule has 0 unspecified atom stereocenters. The van der Waals surface area contributed by atoms with Gasteiger partial charge in [-0.15, -0.1) is 10.2 Å². The summed E-state index contributed by atoms with van der Waals surface area (Å²) in [6.07, 6.45) is 0. The lowest BCUT2D eigenvalue weighted by molar-refractivity contribution is 0.0937. The van der Waals surface area contributed by atoms with E-state index in [1.54, 1.807) is 12.1 Å². The Hall–Kier alpha value is -2.43. The van der Waals surface area contributed by atoms with Crippen molar-refractivity contribution in [2.75, 3.05) is 5.32 Å². The summed E-state index contributed by atoms with van der Waals surface area (Å²) in [7, 11) is 0. The number of nitrogens with zero attached hydrogens (tertiary/aromatic N) is 2. The number of carbonyl (C=O) groups is 1. The fraction of sp³-hybridized carbons (Fsp3) is 0.312. The number of hydrogen-bond donors (Lipinski definition) is 2. The zero-order valence-electron chi connectivity index (χ0n) is 12.8. The van der Waals surface area contributed by atoms with Gasteiger partial charge in [-0.1, -0.05) is 17.7 Å². The van der Waals surface area contributed by atoms with Gasteiger partial charge < -0.3 is 10.6 Å². The Balaban J connectivity index is 2.10. The second-order valence-corrected chi connectivity index (χ2v) is 5.38. The Kier molecular flexibility index (Phi) is 4.52. The van der Waals surface area contributed by atoms with E-state index in [-0.39, 0.29) is 11.9 Å². The molecule has 0 spiro atoms. The van der Waals surface area contributed by atoms with Gasteiger partial charge in [0.15, 0.2) is 11.5 Å². The normalized spacial score (nSPS) is 10.5. The number of aromatic nitrogens is 2. The minimum Gasteiger partial charge on any atom is -0.348 e. The van der Waals surface area contributed by atoms with Crippen LogP contribution in [0.5, 0.6) is 0 Å². The Morgan fingerprint density at radius 1 is 1.10 bits per heavy atom. The molecule has 1 heterocycles. The van der Waals surface area contributed by atoms with Gasteiger partial charge in [-0.2, -0.15) is 0 Å². The summed E-state index contributed by atoms with van der Waals surface area (Å²) in [5.74, 6) is 0.401. The molecule has 0 aliphatic rings. The molecule has 0 saturated heterocycles. The van der Waals surface area contributed by atoms with Gasteiger partial charge in [0.25, 0.3) is 5.91 Å². The summed E-state index contributed by atoms with van der Waals surface area (Å²) in [5.41, 5.74) is 3.65. The number of carbonyl (C=O) groups excluding carboxylic acids is 1. The summed E-state index contributed by atoms with van der Waals surface area (Å²) in [6, 6.07) is 9.63. The van der Waals surface area contributed by atoms with Crippen LogP contribution in [0.25, 0.3) is 0 Å². The fourth-order valence-corrected chi connectivity index (χ4v) is 1.95. The molecule has 5 nitrogen and oxygen atoms in total. The lowest BCUT2D eigenvalue weighted by Crippen LogP contribution is -2.30. The molecular formula is C16H20N4O. The van der Waals surface area contributed by atoms with Crippen molar-refractivity contribution in [3.8, 4) is 0 Å². The van der Waals surface area contributed by atoms with Crippen molar-refractivity contribution in [1.29, 1.82) is 0 Å². The molecule has 5 heteroatoms. The van der Waals surface area contributed by atoms with E-state index in [1.165, 1.54) is 5.56 Å². The van der Waals surface area contributed by atoms with Crippen LogP contribution in [0.15, 0.2) is 30.3 Å². The van der Waals surface area contributed by atoms with Crippen LogP contribution >= 0.6 is 0 Å². The Labute approximate surface area is 124 Å². The average Bonchev–Trinajstić information content (AvgIpc) is 2.42. The van der Waals surface area contributed by atoms with Crippen molar-refractivity contribution in [2.45, 2.75) is 33.7 Å². The lowest BCUT2D eigenvalue weighted by Gasteiger charge is -2.10. The largest absolute Gasteiger partial charge is 0.348 e. The number of hydrogen-bond acceptors (Lipinski definition) is 4. The zero-order chi connectivity index (χ0) is 15.4. The second-order valence-electron chi connectivity index (χ2n) is 5.38. The van der Waals surface area contributed by atoms with Crippen LogP contribution < -0.4 is 10.6 Å². The molecule has 0 aliphatic carbocycles. The van der Waals surface area contributed by atoms with Crippen molar-refractivity contribution in [3.05, 3.63) is 47.2 Å². The van der Waals surface area contributed by atoms with Crippen molar-refractivity contribution in [2.24, 2.45) is 0 Å². The standard InChI is InChI=1S/C16H20N4O/c1-10(2)17-16(21)14-7-8-15(20-19-14)18-13-6-5-11(3)9-12(13)4/h5-10H,1-4H3,(H,17,21)(H,18,20). The summed E-state index contributed by atoms with van der Waals surface area (Å²) in [5, 5.41) is 14.0. The summed E-state index contributed by atoms with van der Waals surface area (Å²) < 4.78 is 0. The third kappa shape index (κ3) is 4.02. The van der Waals surface area contributed by atoms with Gasteiger partial charge >= 0.3 is 0 Å². The average molecular weight is 284 g/mol. The van der Waals surface area contributed by atoms with Gasteiger partial charge in [-0.05, 0) is 51.5 Å². The second kappa shape index (κ2) is 6.35. The van der Waals surface area contributed by atoms with Crippen LogP contribution in [-0.4, -0.2) is 22.1 Å².